The SMILES string of the molecule is O=C(Nc1ccccn1)NC(C(=O)O)c1ccccc1. The molecule has 6 heteroatoms. The lowest BCUT2D eigenvalue weighted by molar-refractivity contribution is -0.139. The molecule has 2 aromatic rings. The maximum atomic E-state index is 11.8. The smallest absolute Gasteiger partial charge is 0.330 e. The van der Waals surface area contributed by atoms with E-state index in [4.69, 9.17) is 0 Å². The fourth-order valence-electron chi connectivity index (χ4n) is 1.65. The molecular formula is C14H13N3O3. The van der Waals surface area contributed by atoms with Gasteiger partial charge in [0.1, 0.15) is 5.82 Å². The lowest BCUT2D eigenvalue weighted by Gasteiger charge is -2.15. The van der Waals surface area contributed by atoms with Crippen LogP contribution in [0.4, 0.5) is 10.6 Å². The van der Waals surface area contributed by atoms with Crippen molar-refractivity contribution in [2.45, 2.75) is 6.04 Å². The van der Waals surface area contributed by atoms with E-state index in [0.717, 1.165) is 0 Å². The molecule has 0 saturated carbocycles. The molecular weight excluding hydrogens is 258 g/mol. The molecule has 2 rings (SSSR count). The molecule has 1 heterocycles. The number of amides is 2. The Bertz CT molecular complexity index is 587. The van der Waals surface area contributed by atoms with Crippen molar-refractivity contribution in [3.63, 3.8) is 0 Å². The molecule has 0 bridgehead atoms. The van der Waals surface area contributed by atoms with Crippen LogP contribution in [-0.4, -0.2) is 22.1 Å². The van der Waals surface area contributed by atoms with Crippen LogP contribution in [0.5, 0.6) is 0 Å². The highest BCUT2D eigenvalue weighted by molar-refractivity contribution is 5.91. The Morgan fingerprint density at radius 1 is 1.05 bits per heavy atom. The molecule has 1 aromatic heterocycles. The highest BCUT2D eigenvalue weighted by Crippen LogP contribution is 2.13. The number of hydrogen-bond acceptors (Lipinski definition) is 3. The minimum Gasteiger partial charge on any atom is -0.479 e. The van der Waals surface area contributed by atoms with Crippen LogP contribution in [0.25, 0.3) is 0 Å². The zero-order valence-corrected chi connectivity index (χ0v) is 10.5. The Hall–Kier alpha value is -2.89. The predicted octanol–water partition coefficient (Wildman–Crippen LogP) is 2.03. The number of aromatic nitrogens is 1. The second-order valence-electron chi connectivity index (χ2n) is 4.00. The lowest BCUT2D eigenvalue weighted by atomic mass is 10.1. The Balaban J connectivity index is 2.06. The van der Waals surface area contributed by atoms with Gasteiger partial charge in [-0.3, -0.25) is 5.32 Å². The summed E-state index contributed by atoms with van der Waals surface area (Å²) in [5.41, 5.74) is 0.496. The van der Waals surface area contributed by atoms with Gasteiger partial charge in [-0.15, -0.1) is 0 Å². The van der Waals surface area contributed by atoms with Crippen LogP contribution in [0.1, 0.15) is 11.6 Å². The molecule has 0 radical (unpaired) electrons. The number of anilines is 1. The van der Waals surface area contributed by atoms with E-state index in [-0.39, 0.29) is 0 Å². The first-order chi connectivity index (χ1) is 9.66. The lowest BCUT2D eigenvalue weighted by Crippen LogP contribution is -2.36. The van der Waals surface area contributed by atoms with Crippen molar-refractivity contribution in [1.82, 2.24) is 10.3 Å². The Morgan fingerprint density at radius 2 is 1.75 bits per heavy atom. The standard InChI is InChI=1S/C14H13N3O3/c18-13(19)12(10-6-2-1-3-7-10)17-14(20)16-11-8-4-5-9-15-11/h1-9,12H,(H,18,19)(H2,15,16,17,20). The second-order valence-corrected chi connectivity index (χ2v) is 4.00. The summed E-state index contributed by atoms with van der Waals surface area (Å²) in [6.07, 6.45) is 1.53. The van der Waals surface area contributed by atoms with Crippen LogP contribution in [0.15, 0.2) is 54.7 Å². The first kappa shape index (κ1) is 13.5. The van der Waals surface area contributed by atoms with E-state index in [1.807, 2.05) is 0 Å². The van der Waals surface area contributed by atoms with E-state index >= 15 is 0 Å². The highest BCUT2D eigenvalue weighted by atomic mass is 16.4. The van der Waals surface area contributed by atoms with Crippen LogP contribution < -0.4 is 10.6 Å². The number of urea groups is 1. The topological polar surface area (TPSA) is 91.3 Å². The summed E-state index contributed by atoms with van der Waals surface area (Å²) in [5, 5.41) is 14.0. The van der Waals surface area contributed by atoms with Gasteiger partial charge in [-0.25, -0.2) is 14.6 Å². The molecule has 1 atom stereocenters. The fraction of sp³-hybridized carbons (Fsp3) is 0.0714. The summed E-state index contributed by atoms with van der Waals surface area (Å²) in [7, 11) is 0. The van der Waals surface area contributed by atoms with Crippen LogP contribution >= 0.6 is 0 Å². The summed E-state index contributed by atoms with van der Waals surface area (Å²) in [5.74, 6) is -0.783. The Kier molecular flexibility index (Phi) is 4.28. The maximum Gasteiger partial charge on any atom is 0.330 e. The molecule has 0 aliphatic heterocycles. The Morgan fingerprint density at radius 3 is 2.35 bits per heavy atom. The van der Waals surface area contributed by atoms with Crippen LogP contribution in [0, 0.1) is 0 Å². The molecule has 1 unspecified atom stereocenters. The van der Waals surface area contributed by atoms with Crippen LogP contribution in [-0.2, 0) is 4.79 Å². The number of nitrogens with zero attached hydrogens (tertiary/aromatic N) is 1. The zero-order valence-electron chi connectivity index (χ0n) is 10.5. The number of hydrogen-bond donors (Lipinski definition) is 3. The predicted molar refractivity (Wildman–Crippen MR) is 73.2 cm³/mol. The van der Waals surface area contributed by atoms with Crippen molar-refractivity contribution < 1.29 is 14.7 Å². The monoisotopic (exact) mass is 271 g/mol. The van der Waals surface area contributed by atoms with Crippen molar-refractivity contribution in [3.8, 4) is 0 Å². The number of nitrogens with one attached hydrogen (secondary N) is 2. The van der Waals surface area contributed by atoms with Crippen LogP contribution in [0.2, 0.25) is 0 Å². The number of rotatable bonds is 4. The van der Waals surface area contributed by atoms with Gasteiger partial charge >= 0.3 is 12.0 Å². The molecule has 1 aromatic carbocycles. The van der Waals surface area contributed by atoms with Crippen molar-refractivity contribution in [1.29, 1.82) is 0 Å². The van der Waals surface area contributed by atoms with E-state index in [0.29, 0.717) is 11.4 Å². The van der Waals surface area contributed by atoms with Gasteiger partial charge in [0.15, 0.2) is 6.04 Å². The number of carbonyl (C=O) groups excluding carboxylic acids is 1. The number of aliphatic carboxylic acids is 1. The number of pyridine rings is 1. The average molecular weight is 271 g/mol. The number of benzene rings is 1. The van der Waals surface area contributed by atoms with Gasteiger partial charge in [0.05, 0.1) is 0 Å². The number of carboxylic acids is 1. The molecule has 3 N–H and O–H groups in total. The summed E-state index contributed by atoms with van der Waals surface area (Å²) in [4.78, 5) is 26.9. The fourth-order valence-corrected chi connectivity index (χ4v) is 1.65. The van der Waals surface area contributed by atoms with E-state index in [1.54, 1.807) is 48.5 Å². The summed E-state index contributed by atoms with van der Waals surface area (Å²) >= 11 is 0. The minimum absolute atomic E-state index is 0.349. The van der Waals surface area contributed by atoms with Gasteiger partial charge in [-0.1, -0.05) is 36.4 Å². The molecule has 0 fully saturated rings. The third-order valence-electron chi connectivity index (χ3n) is 2.56. The van der Waals surface area contributed by atoms with Gasteiger partial charge in [0.2, 0.25) is 0 Å². The first-order valence-electron chi connectivity index (χ1n) is 5.93. The average Bonchev–Trinajstić information content (AvgIpc) is 2.46. The third-order valence-corrected chi connectivity index (χ3v) is 2.56. The summed E-state index contributed by atoms with van der Waals surface area (Å²) < 4.78 is 0. The second kappa shape index (κ2) is 6.33. The maximum absolute atomic E-state index is 11.8. The van der Waals surface area contributed by atoms with E-state index in [1.165, 1.54) is 6.20 Å². The van der Waals surface area contributed by atoms with E-state index in [2.05, 4.69) is 15.6 Å². The normalized spacial score (nSPS) is 11.4. The van der Waals surface area contributed by atoms with Gasteiger partial charge in [0.25, 0.3) is 0 Å². The first-order valence-corrected chi connectivity index (χ1v) is 5.93. The van der Waals surface area contributed by atoms with Gasteiger partial charge in [0, 0.05) is 6.20 Å². The minimum atomic E-state index is -1.13. The molecule has 102 valence electrons. The third kappa shape index (κ3) is 3.55. The van der Waals surface area contributed by atoms with Crippen molar-refractivity contribution in [3.05, 3.63) is 60.3 Å². The van der Waals surface area contributed by atoms with Crippen molar-refractivity contribution in [2.24, 2.45) is 0 Å². The largest absolute Gasteiger partial charge is 0.479 e. The molecule has 0 aliphatic rings. The van der Waals surface area contributed by atoms with Crippen LogP contribution in [0.3, 0.4) is 0 Å². The van der Waals surface area contributed by atoms with Gasteiger partial charge in [-0.05, 0) is 17.7 Å². The number of carbonyl (C=O) groups is 2. The zero-order chi connectivity index (χ0) is 14.4. The number of carboxylic acid groups (broad SMARTS) is 1. The summed E-state index contributed by atoms with van der Waals surface area (Å²) in [6.45, 7) is 0. The molecule has 0 aliphatic carbocycles. The molecule has 0 spiro atoms. The molecule has 20 heavy (non-hydrogen) atoms. The Labute approximate surface area is 115 Å². The molecule has 0 saturated heterocycles. The van der Waals surface area contributed by atoms with Gasteiger partial charge in [-0.2, -0.15) is 0 Å². The molecule has 2 amide bonds. The van der Waals surface area contributed by atoms with Gasteiger partial charge < -0.3 is 10.4 Å². The summed E-state index contributed by atoms with van der Waals surface area (Å²) in [6, 6.07) is 11.8. The quantitative estimate of drug-likeness (QED) is 0.793. The van der Waals surface area contributed by atoms with E-state index < -0.39 is 18.0 Å². The van der Waals surface area contributed by atoms with Crippen molar-refractivity contribution >= 4 is 17.8 Å². The van der Waals surface area contributed by atoms with E-state index in [9.17, 15) is 14.7 Å². The highest BCUT2D eigenvalue weighted by Gasteiger charge is 2.21. The molecule has 6 nitrogen and oxygen atoms in total. The van der Waals surface area contributed by atoms with Crippen molar-refractivity contribution in [2.75, 3.05) is 5.32 Å².